The minimum absolute atomic E-state index is 0.138. The van der Waals surface area contributed by atoms with E-state index in [1.165, 1.54) is 16.7 Å². The second-order valence-corrected chi connectivity index (χ2v) is 7.71. The zero-order chi connectivity index (χ0) is 18.6. The highest BCUT2D eigenvalue weighted by Crippen LogP contribution is 2.35. The minimum Gasteiger partial charge on any atom is -0.387 e. The van der Waals surface area contributed by atoms with E-state index in [9.17, 15) is 0 Å². The molecule has 2 aromatic rings. The molecule has 5 heteroatoms. The number of aromatic nitrogens is 2. The Kier molecular flexibility index (Phi) is 5.79. The van der Waals surface area contributed by atoms with Gasteiger partial charge in [0.15, 0.2) is 0 Å². The molecule has 1 aromatic carbocycles. The van der Waals surface area contributed by atoms with Crippen molar-refractivity contribution in [1.82, 2.24) is 25.3 Å². The molecule has 0 radical (unpaired) electrons. The van der Waals surface area contributed by atoms with Crippen molar-refractivity contribution in [3.05, 3.63) is 54.5 Å². The molecule has 0 aliphatic carbocycles. The summed E-state index contributed by atoms with van der Waals surface area (Å²) in [5.74, 6) is 0. The molecule has 3 rings (SSSR count). The van der Waals surface area contributed by atoms with Gasteiger partial charge < -0.3 is 15.5 Å². The molecule has 1 saturated heterocycles. The lowest BCUT2D eigenvalue weighted by atomic mass is 9.72. The van der Waals surface area contributed by atoms with Gasteiger partial charge in [-0.05, 0) is 51.2 Å². The third-order valence-corrected chi connectivity index (χ3v) is 5.26. The molecule has 2 heterocycles. The number of benzene rings is 1. The van der Waals surface area contributed by atoms with E-state index in [0.29, 0.717) is 0 Å². The predicted molar refractivity (Wildman–Crippen MR) is 108 cm³/mol. The molecule has 26 heavy (non-hydrogen) atoms. The van der Waals surface area contributed by atoms with E-state index in [1.54, 1.807) is 0 Å². The Labute approximate surface area is 157 Å². The van der Waals surface area contributed by atoms with Crippen LogP contribution in [0.2, 0.25) is 0 Å². The van der Waals surface area contributed by atoms with Crippen LogP contribution in [0.3, 0.4) is 0 Å². The number of nitrogens with zero attached hydrogens (tertiary/aromatic N) is 3. The van der Waals surface area contributed by atoms with E-state index in [1.807, 2.05) is 17.9 Å². The first-order chi connectivity index (χ1) is 12.5. The van der Waals surface area contributed by atoms with Crippen molar-refractivity contribution >= 4 is 0 Å². The number of rotatable bonds is 7. The summed E-state index contributed by atoms with van der Waals surface area (Å²) in [6.45, 7) is 8.10. The van der Waals surface area contributed by atoms with Gasteiger partial charge in [0.1, 0.15) is 0 Å². The summed E-state index contributed by atoms with van der Waals surface area (Å²) in [6.07, 6.45) is 6.27. The van der Waals surface area contributed by atoms with Crippen molar-refractivity contribution in [2.24, 2.45) is 7.05 Å². The summed E-state index contributed by atoms with van der Waals surface area (Å²) in [5.41, 5.74) is 5.03. The van der Waals surface area contributed by atoms with E-state index in [2.05, 4.69) is 71.8 Å². The Morgan fingerprint density at radius 1 is 1.31 bits per heavy atom. The molecule has 1 aliphatic heterocycles. The van der Waals surface area contributed by atoms with E-state index in [-0.39, 0.29) is 5.41 Å². The van der Waals surface area contributed by atoms with E-state index >= 15 is 0 Å². The average molecular weight is 354 g/mol. The molecule has 0 bridgehead atoms. The summed E-state index contributed by atoms with van der Waals surface area (Å²) >= 11 is 0. The summed E-state index contributed by atoms with van der Waals surface area (Å²) in [7, 11) is 6.11. The Morgan fingerprint density at radius 3 is 2.73 bits per heavy atom. The largest absolute Gasteiger partial charge is 0.387 e. The maximum absolute atomic E-state index is 4.32. The summed E-state index contributed by atoms with van der Waals surface area (Å²) in [6, 6.07) is 8.98. The fourth-order valence-electron chi connectivity index (χ4n) is 3.80. The van der Waals surface area contributed by atoms with Crippen LogP contribution in [0.5, 0.6) is 0 Å². The molecular weight excluding hydrogens is 322 g/mol. The van der Waals surface area contributed by atoms with Crippen LogP contribution in [0.1, 0.15) is 18.4 Å². The molecule has 1 aromatic heterocycles. The molecule has 0 spiro atoms. The molecule has 0 amide bonds. The summed E-state index contributed by atoms with van der Waals surface area (Å²) in [4.78, 5) is 2.15. The Balaban J connectivity index is 1.84. The first-order valence-electron chi connectivity index (χ1n) is 9.35. The standard InChI is InChI=1S/C21H31N5/c1-17(14-25(2)3)23-16-21(8-10-22-11-9-21)20-7-5-6-18(12-20)19-13-24-26(4)15-19/h5-7,12-13,15,22-23H,1,8-11,14,16H2,2-4H3. The van der Waals surface area contributed by atoms with Crippen molar-refractivity contribution in [3.8, 4) is 11.1 Å². The molecule has 0 saturated carbocycles. The van der Waals surface area contributed by atoms with Gasteiger partial charge in [-0.3, -0.25) is 4.68 Å². The quantitative estimate of drug-likeness (QED) is 0.802. The third kappa shape index (κ3) is 4.34. The molecule has 140 valence electrons. The number of hydrogen-bond donors (Lipinski definition) is 2. The Hall–Kier alpha value is -2.11. The highest BCUT2D eigenvalue weighted by atomic mass is 15.2. The predicted octanol–water partition coefficient (Wildman–Crippen LogP) is 2.37. The number of hydrogen-bond acceptors (Lipinski definition) is 4. The van der Waals surface area contributed by atoms with Crippen LogP contribution in [0.15, 0.2) is 48.9 Å². The van der Waals surface area contributed by atoms with Gasteiger partial charge in [0.05, 0.1) is 6.20 Å². The Morgan fingerprint density at radius 2 is 2.08 bits per heavy atom. The first kappa shape index (κ1) is 18.7. The van der Waals surface area contributed by atoms with Gasteiger partial charge in [-0.2, -0.15) is 5.10 Å². The highest BCUT2D eigenvalue weighted by molar-refractivity contribution is 5.63. The molecule has 0 unspecified atom stereocenters. The number of aryl methyl sites for hydroxylation is 1. The fourth-order valence-corrected chi connectivity index (χ4v) is 3.80. The summed E-state index contributed by atoms with van der Waals surface area (Å²) < 4.78 is 1.86. The van der Waals surface area contributed by atoms with Crippen LogP contribution < -0.4 is 10.6 Å². The average Bonchev–Trinajstić information content (AvgIpc) is 3.07. The maximum Gasteiger partial charge on any atom is 0.0568 e. The number of piperidine rings is 1. The van der Waals surface area contributed by atoms with Crippen LogP contribution in [0.4, 0.5) is 0 Å². The molecule has 1 fully saturated rings. The zero-order valence-electron chi connectivity index (χ0n) is 16.3. The van der Waals surface area contributed by atoms with Crippen molar-refractivity contribution in [3.63, 3.8) is 0 Å². The molecule has 2 N–H and O–H groups in total. The molecule has 5 nitrogen and oxygen atoms in total. The van der Waals surface area contributed by atoms with Crippen LogP contribution in [-0.4, -0.2) is 55.0 Å². The second-order valence-electron chi connectivity index (χ2n) is 7.71. The van der Waals surface area contributed by atoms with Gasteiger partial charge in [0.2, 0.25) is 0 Å². The maximum atomic E-state index is 4.32. The van der Waals surface area contributed by atoms with Crippen molar-refractivity contribution in [1.29, 1.82) is 0 Å². The highest BCUT2D eigenvalue weighted by Gasteiger charge is 2.34. The minimum atomic E-state index is 0.138. The van der Waals surface area contributed by atoms with E-state index < -0.39 is 0 Å². The van der Waals surface area contributed by atoms with Gasteiger partial charge in [-0.1, -0.05) is 30.8 Å². The fraction of sp³-hybridized carbons (Fsp3) is 0.476. The topological polar surface area (TPSA) is 45.1 Å². The van der Waals surface area contributed by atoms with Crippen LogP contribution in [0, 0.1) is 0 Å². The van der Waals surface area contributed by atoms with Crippen LogP contribution in [0.25, 0.3) is 11.1 Å². The molecular formula is C21H31N5. The third-order valence-electron chi connectivity index (χ3n) is 5.26. The van der Waals surface area contributed by atoms with Gasteiger partial charge in [-0.15, -0.1) is 0 Å². The SMILES string of the molecule is C=C(CN(C)C)NCC1(c2cccc(-c3cnn(C)c3)c2)CCNCC1. The lowest BCUT2D eigenvalue weighted by Crippen LogP contribution is -2.46. The molecule has 1 aliphatic rings. The van der Waals surface area contributed by atoms with Gasteiger partial charge in [0.25, 0.3) is 0 Å². The number of nitrogens with one attached hydrogen (secondary N) is 2. The smallest absolute Gasteiger partial charge is 0.0568 e. The zero-order valence-corrected chi connectivity index (χ0v) is 16.3. The van der Waals surface area contributed by atoms with Gasteiger partial charge in [0, 0.05) is 43.0 Å². The van der Waals surface area contributed by atoms with E-state index in [4.69, 9.17) is 0 Å². The van der Waals surface area contributed by atoms with Crippen molar-refractivity contribution in [2.75, 3.05) is 40.3 Å². The van der Waals surface area contributed by atoms with Gasteiger partial charge >= 0.3 is 0 Å². The van der Waals surface area contributed by atoms with Crippen molar-refractivity contribution < 1.29 is 0 Å². The lowest BCUT2D eigenvalue weighted by Gasteiger charge is -2.39. The monoisotopic (exact) mass is 353 g/mol. The van der Waals surface area contributed by atoms with Crippen LogP contribution >= 0.6 is 0 Å². The van der Waals surface area contributed by atoms with E-state index in [0.717, 1.165) is 44.7 Å². The van der Waals surface area contributed by atoms with Crippen LogP contribution in [-0.2, 0) is 12.5 Å². The summed E-state index contributed by atoms with van der Waals surface area (Å²) in [5, 5.41) is 11.4. The first-order valence-corrected chi connectivity index (χ1v) is 9.35. The normalized spacial score (nSPS) is 16.6. The lowest BCUT2D eigenvalue weighted by molar-refractivity contribution is 0.297. The number of likely N-dealkylation sites (N-methyl/N-ethyl adjacent to an activating group) is 1. The Bertz CT molecular complexity index is 740. The van der Waals surface area contributed by atoms with Crippen molar-refractivity contribution in [2.45, 2.75) is 18.3 Å². The van der Waals surface area contributed by atoms with Gasteiger partial charge in [-0.25, -0.2) is 0 Å². The second kappa shape index (κ2) is 8.06. The molecule has 0 atom stereocenters.